The normalized spacial score (nSPS) is 18.7. The molecule has 0 heterocycles. The van der Waals surface area contributed by atoms with Crippen LogP contribution in [0.25, 0.3) is 11.1 Å². The summed E-state index contributed by atoms with van der Waals surface area (Å²) in [4.78, 5) is 25.2. The molecule has 0 aliphatic heterocycles. The van der Waals surface area contributed by atoms with E-state index in [1.54, 1.807) is 14.2 Å². The summed E-state index contributed by atoms with van der Waals surface area (Å²) in [5.41, 5.74) is 2.47. The smallest absolute Gasteiger partial charge is 0.350 e. The summed E-state index contributed by atoms with van der Waals surface area (Å²) >= 11 is 0. The number of benzene rings is 2. The van der Waals surface area contributed by atoms with E-state index in [0.717, 1.165) is 41.5 Å². The second-order valence-electron chi connectivity index (χ2n) is 8.49. The van der Waals surface area contributed by atoms with Crippen molar-refractivity contribution < 1.29 is 28.5 Å². The Hall–Kier alpha value is -3.02. The third-order valence-corrected chi connectivity index (χ3v) is 6.57. The molecule has 162 valence electrons. The minimum Gasteiger partial charge on any atom is -0.493 e. The van der Waals surface area contributed by atoms with E-state index in [4.69, 9.17) is 18.9 Å². The third-order valence-electron chi connectivity index (χ3n) is 6.57. The highest BCUT2D eigenvalue weighted by molar-refractivity contribution is 6.02. The monoisotopic (exact) mass is 422 g/mol. The standard InChI is InChI=1S/C25H26O6/c1-28-21-12-10-19(16-7-4-8-18-17(16)9-11-20(18)26)22(23(21)29-2)31-25(13-14-25)24(27)30-15-5-3-6-15/h4,7-8,10,12,15H,3,5-6,9,11,13-14H2,1-2H3. The summed E-state index contributed by atoms with van der Waals surface area (Å²) < 4.78 is 23.2. The molecule has 0 N–H and O–H groups in total. The average molecular weight is 422 g/mol. The zero-order valence-corrected chi connectivity index (χ0v) is 17.9. The molecule has 0 amide bonds. The number of carbonyl (C=O) groups excluding carboxylic acids is 2. The molecular weight excluding hydrogens is 396 g/mol. The predicted octanol–water partition coefficient (Wildman–Crippen LogP) is 4.51. The molecule has 2 fully saturated rings. The van der Waals surface area contributed by atoms with Crippen molar-refractivity contribution in [3.8, 4) is 28.4 Å². The van der Waals surface area contributed by atoms with Crippen molar-refractivity contribution in [2.45, 2.75) is 56.7 Å². The van der Waals surface area contributed by atoms with Gasteiger partial charge in [-0.3, -0.25) is 4.79 Å². The third kappa shape index (κ3) is 3.34. The molecule has 5 rings (SSSR count). The van der Waals surface area contributed by atoms with Crippen molar-refractivity contribution in [1.29, 1.82) is 0 Å². The fourth-order valence-electron chi connectivity index (χ4n) is 4.36. The summed E-state index contributed by atoms with van der Waals surface area (Å²) in [6, 6.07) is 9.47. The molecule has 3 aliphatic carbocycles. The van der Waals surface area contributed by atoms with Gasteiger partial charge in [0.25, 0.3) is 0 Å². The molecular formula is C25H26O6. The van der Waals surface area contributed by atoms with Crippen molar-refractivity contribution in [2.24, 2.45) is 0 Å². The number of esters is 1. The fourth-order valence-corrected chi connectivity index (χ4v) is 4.36. The Labute approximate surface area is 181 Å². The van der Waals surface area contributed by atoms with Gasteiger partial charge in [-0.2, -0.15) is 0 Å². The molecule has 2 saturated carbocycles. The zero-order chi connectivity index (χ0) is 21.6. The number of carbonyl (C=O) groups is 2. The van der Waals surface area contributed by atoms with Crippen LogP contribution in [0, 0.1) is 0 Å². The molecule has 0 unspecified atom stereocenters. The first-order valence-corrected chi connectivity index (χ1v) is 10.9. The van der Waals surface area contributed by atoms with E-state index in [1.165, 1.54) is 0 Å². The number of hydrogen-bond acceptors (Lipinski definition) is 6. The predicted molar refractivity (Wildman–Crippen MR) is 114 cm³/mol. The van der Waals surface area contributed by atoms with E-state index in [9.17, 15) is 9.59 Å². The van der Waals surface area contributed by atoms with Gasteiger partial charge in [-0.05, 0) is 48.9 Å². The molecule has 0 aromatic heterocycles. The van der Waals surface area contributed by atoms with Gasteiger partial charge in [0, 0.05) is 30.4 Å². The van der Waals surface area contributed by atoms with Crippen molar-refractivity contribution in [2.75, 3.05) is 14.2 Å². The van der Waals surface area contributed by atoms with Crippen molar-refractivity contribution in [1.82, 2.24) is 0 Å². The van der Waals surface area contributed by atoms with Crippen molar-refractivity contribution >= 4 is 11.8 Å². The van der Waals surface area contributed by atoms with E-state index in [0.29, 0.717) is 42.9 Å². The molecule has 2 aromatic rings. The van der Waals surface area contributed by atoms with Gasteiger partial charge in [-0.15, -0.1) is 0 Å². The summed E-state index contributed by atoms with van der Waals surface area (Å²) in [6.07, 6.45) is 5.33. The maximum absolute atomic E-state index is 12.9. The van der Waals surface area contributed by atoms with E-state index in [-0.39, 0.29) is 17.9 Å². The van der Waals surface area contributed by atoms with Crippen LogP contribution >= 0.6 is 0 Å². The lowest BCUT2D eigenvalue weighted by Gasteiger charge is -2.28. The topological polar surface area (TPSA) is 71.1 Å². The van der Waals surface area contributed by atoms with Crippen LogP contribution in [-0.4, -0.2) is 37.7 Å². The van der Waals surface area contributed by atoms with Gasteiger partial charge in [0.2, 0.25) is 11.4 Å². The molecule has 0 bridgehead atoms. The Morgan fingerprint density at radius 3 is 2.35 bits per heavy atom. The van der Waals surface area contributed by atoms with Crippen LogP contribution in [0.5, 0.6) is 17.2 Å². The van der Waals surface area contributed by atoms with E-state index < -0.39 is 5.60 Å². The van der Waals surface area contributed by atoms with Gasteiger partial charge in [0.15, 0.2) is 17.3 Å². The first kappa shape index (κ1) is 19.9. The Morgan fingerprint density at radius 2 is 1.71 bits per heavy atom. The van der Waals surface area contributed by atoms with Crippen molar-refractivity contribution in [3.05, 3.63) is 41.5 Å². The summed E-state index contributed by atoms with van der Waals surface area (Å²) in [5, 5.41) is 0. The van der Waals surface area contributed by atoms with Crippen LogP contribution in [0.4, 0.5) is 0 Å². The molecule has 0 spiro atoms. The number of ketones is 1. The molecule has 0 radical (unpaired) electrons. The maximum Gasteiger partial charge on any atom is 0.350 e. The first-order valence-electron chi connectivity index (χ1n) is 10.9. The van der Waals surface area contributed by atoms with E-state index in [1.807, 2.05) is 30.3 Å². The van der Waals surface area contributed by atoms with Gasteiger partial charge in [-0.1, -0.05) is 18.2 Å². The molecule has 6 nitrogen and oxygen atoms in total. The van der Waals surface area contributed by atoms with Crippen LogP contribution in [-0.2, 0) is 16.0 Å². The van der Waals surface area contributed by atoms with Crippen LogP contribution in [0.1, 0.15) is 54.4 Å². The highest BCUT2D eigenvalue weighted by atomic mass is 16.6. The average Bonchev–Trinajstić information content (AvgIpc) is 3.45. The Balaban J connectivity index is 1.58. The zero-order valence-electron chi connectivity index (χ0n) is 17.9. The van der Waals surface area contributed by atoms with Crippen LogP contribution in [0.2, 0.25) is 0 Å². The van der Waals surface area contributed by atoms with Gasteiger partial charge in [0.1, 0.15) is 6.10 Å². The Morgan fingerprint density at radius 1 is 0.935 bits per heavy atom. The molecule has 3 aliphatic rings. The summed E-state index contributed by atoms with van der Waals surface area (Å²) in [6.45, 7) is 0. The second kappa shape index (κ2) is 7.59. The first-order chi connectivity index (χ1) is 15.1. The summed E-state index contributed by atoms with van der Waals surface area (Å²) in [7, 11) is 3.12. The quantitative estimate of drug-likeness (QED) is 0.612. The number of fused-ring (bicyclic) bond motifs is 1. The number of ether oxygens (including phenoxy) is 4. The van der Waals surface area contributed by atoms with Gasteiger partial charge < -0.3 is 18.9 Å². The lowest BCUT2D eigenvalue weighted by atomic mass is 9.95. The van der Waals surface area contributed by atoms with Gasteiger partial charge >= 0.3 is 5.97 Å². The second-order valence-corrected chi connectivity index (χ2v) is 8.49. The number of hydrogen-bond donors (Lipinski definition) is 0. The fraction of sp³-hybridized carbons (Fsp3) is 0.440. The number of Topliss-reactive ketones (excluding diaryl/α,β-unsaturated/α-hetero) is 1. The highest BCUT2D eigenvalue weighted by Gasteiger charge is 2.56. The number of methoxy groups -OCH3 is 2. The minimum atomic E-state index is -0.988. The molecule has 31 heavy (non-hydrogen) atoms. The summed E-state index contributed by atoms with van der Waals surface area (Å²) in [5.74, 6) is 1.26. The highest BCUT2D eigenvalue weighted by Crippen LogP contribution is 2.52. The van der Waals surface area contributed by atoms with Crippen LogP contribution in [0.3, 0.4) is 0 Å². The van der Waals surface area contributed by atoms with Crippen LogP contribution in [0.15, 0.2) is 30.3 Å². The van der Waals surface area contributed by atoms with E-state index >= 15 is 0 Å². The van der Waals surface area contributed by atoms with E-state index in [2.05, 4.69) is 0 Å². The SMILES string of the molecule is COc1ccc(-c2cccc3c2CCC3=O)c(OC2(C(=O)OC3CCC3)CC2)c1OC. The Kier molecular flexibility index (Phi) is 4.88. The molecule has 0 saturated heterocycles. The minimum absolute atomic E-state index is 0.00338. The largest absolute Gasteiger partial charge is 0.493 e. The maximum atomic E-state index is 12.9. The van der Waals surface area contributed by atoms with Crippen molar-refractivity contribution in [3.63, 3.8) is 0 Å². The Bertz CT molecular complexity index is 1050. The molecule has 0 atom stereocenters. The molecule has 6 heteroatoms. The molecule has 2 aromatic carbocycles. The van der Waals surface area contributed by atoms with Gasteiger partial charge in [-0.25, -0.2) is 4.79 Å². The lowest BCUT2D eigenvalue weighted by molar-refractivity contribution is -0.163. The number of rotatable bonds is 7. The van der Waals surface area contributed by atoms with Gasteiger partial charge in [0.05, 0.1) is 14.2 Å². The lowest BCUT2D eigenvalue weighted by Crippen LogP contribution is -2.37. The van der Waals surface area contributed by atoms with Crippen LogP contribution < -0.4 is 14.2 Å².